The summed E-state index contributed by atoms with van der Waals surface area (Å²) in [5, 5.41) is 2.63. The summed E-state index contributed by atoms with van der Waals surface area (Å²) in [4.78, 5) is 32.0. The standard InChI is InChI=1S/C17H13N3O3/c21-16(19-12-6-2-1-3-7-12)11-23-17(22)15-10-18-13-8-4-5-9-14(13)20-15/h1-10H,11H2,(H,19,21). The Morgan fingerprint density at radius 1 is 0.957 bits per heavy atom. The summed E-state index contributed by atoms with van der Waals surface area (Å²) in [5.41, 5.74) is 1.98. The number of ether oxygens (including phenoxy) is 1. The van der Waals surface area contributed by atoms with Crippen LogP contribution in [0, 0.1) is 0 Å². The topological polar surface area (TPSA) is 81.2 Å². The van der Waals surface area contributed by atoms with Gasteiger partial charge in [-0.1, -0.05) is 30.3 Å². The lowest BCUT2D eigenvalue weighted by molar-refractivity contribution is -0.119. The molecule has 3 rings (SSSR count). The summed E-state index contributed by atoms with van der Waals surface area (Å²) < 4.78 is 4.96. The van der Waals surface area contributed by atoms with Gasteiger partial charge in [-0.3, -0.25) is 9.78 Å². The maximum Gasteiger partial charge on any atom is 0.359 e. The molecule has 23 heavy (non-hydrogen) atoms. The minimum absolute atomic E-state index is 0.0659. The van der Waals surface area contributed by atoms with Gasteiger partial charge in [0.25, 0.3) is 5.91 Å². The highest BCUT2D eigenvalue weighted by molar-refractivity contribution is 5.95. The van der Waals surface area contributed by atoms with Gasteiger partial charge in [-0.15, -0.1) is 0 Å². The van der Waals surface area contributed by atoms with Gasteiger partial charge in [0, 0.05) is 5.69 Å². The van der Waals surface area contributed by atoms with E-state index >= 15 is 0 Å². The highest BCUT2D eigenvalue weighted by Crippen LogP contribution is 2.09. The Balaban J connectivity index is 1.61. The largest absolute Gasteiger partial charge is 0.451 e. The van der Waals surface area contributed by atoms with Crippen molar-refractivity contribution in [2.75, 3.05) is 11.9 Å². The van der Waals surface area contributed by atoms with Gasteiger partial charge in [0.1, 0.15) is 0 Å². The molecular formula is C17H13N3O3. The van der Waals surface area contributed by atoms with E-state index in [1.807, 2.05) is 12.1 Å². The fraction of sp³-hybridized carbons (Fsp3) is 0.0588. The zero-order valence-corrected chi connectivity index (χ0v) is 12.1. The molecule has 3 aromatic rings. The second-order valence-corrected chi connectivity index (χ2v) is 4.73. The molecule has 1 amide bonds. The van der Waals surface area contributed by atoms with Crippen LogP contribution in [0.25, 0.3) is 11.0 Å². The van der Waals surface area contributed by atoms with Gasteiger partial charge >= 0.3 is 5.97 Å². The molecule has 0 aliphatic heterocycles. The maximum absolute atomic E-state index is 11.9. The molecule has 0 radical (unpaired) electrons. The van der Waals surface area contributed by atoms with Crippen LogP contribution in [0.5, 0.6) is 0 Å². The van der Waals surface area contributed by atoms with E-state index in [1.54, 1.807) is 42.5 Å². The highest BCUT2D eigenvalue weighted by Gasteiger charge is 2.13. The van der Waals surface area contributed by atoms with Crippen LogP contribution in [0.2, 0.25) is 0 Å². The summed E-state index contributed by atoms with van der Waals surface area (Å²) >= 11 is 0. The fourth-order valence-corrected chi connectivity index (χ4v) is 1.98. The lowest BCUT2D eigenvalue weighted by Crippen LogP contribution is -2.21. The summed E-state index contributed by atoms with van der Waals surface area (Å²) in [7, 11) is 0. The predicted octanol–water partition coefficient (Wildman–Crippen LogP) is 2.43. The fourth-order valence-electron chi connectivity index (χ4n) is 1.98. The van der Waals surface area contributed by atoms with Crippen LogP contribution in [0.4, 0.5) is 5.69 Å². The molecule has 1 N–H and O–H groups in total. The first-order valence-electron chi connectivity index (χ1n) is 6.96. The van der Waals surface area contributed by atoms with Crippen molar-refractivity contribution < 1.29 is 14.3 Å². The molecule has 6 nitrogen and oxygen atoms in total. The smallest absolute Gasteiger partial charge is 0.359 e. The van der Waals surface area contributed by atoms with E-state index in [9.17, 15) is 9.59 Å². The number of nitrogens with zero attached hydrogens (tertiary/aromatic N) is 2. The maximum atomic E-state index is 11.9. The number of nitrogens with one attached hydrogen (secondary N) is 1. The van der Waals surface area contributed by atoms with Gasteiger partial charge in [-0.25, -0.2) is 9.78 Å². The number of hydrogen-bond donors (Lipinski definition) is 1. The van der Waals surface area contributed by atoms with Crippen molar-refractivity contribution in [3.63, 3.8) is 0 Å². The van der Waals surface area contributed by atoms with Crippen LogP contribution < -0.4 is 5.32 Å². The Bertz CT molecular complexity index is 850. The molecule has 0 aliphatic carbocycles. The summed E-state index contributed by atoms with van der Waals surface area (Å²) in [6.07, 6.45) is 1.33. The van der Waals surface area contributed by atoms with Crippen molar-refractivity contribution in [2.45, 2.75) is 0 Å². The number of carbonyl (C=O) groups excluding carboxylic acids is 2. The normalized spacial score (nSPS) is 10.3. The quantitative estimate of drug-likeness (QED) is 0.749. The zero-order valence-electron chi connectivity index (χ0n) is 12.1. The SMILES string of the molecule is O=C(COC(=O)c1cnc2ccccc2n1)Nc1ccccc1. The zero-order chi connectivity index (χ0) is 16.1. The van der Waals surface area contributed by atoms with Crippen LogP contribution in [0.15, 0.2) is 60.8 Å². The number of anilines is 1. The van der Waals surface area contributed by atoms with Crippen LogP contribution in [-0.2, 0) is 9.53 Å². The van der Waals surface area contributed by atoms with E-state index in [0.717, 1.165) is 0 Å². The summed E-state index contributed by atoms with van der Waals surface area (Å²) in [6, 6.07) is 16.1. The molecular weight excluding hydrogens is 294 g/mol. The number of aromatic nitrogens is 2. The molecule has 1 heterocycles. The Morgan fingerprint density at radius 3 is 2.43 bits per heavy atom. The van der Waals surface area contributed by atoms with E-state index in [2.05, 4.69) is 15.3 Å². The molecule has 0 unspecified atom stereocenters. The Labute approximate surface area is 132 Å². The number of esters is 1. The molecule has 0 atom stereocenters. The third-order valence-electron chi connectivity index (χ3n) is 3.05. The first-order chi connectivity index (χ1) is 11.2. The molecule has 0 fully saturated rings. The molecule has 2 aromatic carbocycles. The summed E-state index contributed by atoms with van der Waals surface area (Å²) in [5.74, 6) is -1.11. The van der Waals surface area contributed by atoms with Crippen molar-refractivity contribution in [2.24, 2.45) is 0 Å². The molecule has 0 aliphatic rings. The van der Waals surface area contributed by atoms with E-state index in [4.69, 9.17) is 4.74 Å². The molecule has 0 saturated carbocycles. The number of rotatable bonds is 4. The van der Waals surface area contributed by atoms with E-state index < -0.39 is 11.9 Å². The monoisotopic (exact) mass is 307 g/mol. The van der Waals surface area contributed by atoms with Crippen molar-refractivity contribution in [1.82, 2.24) is 9.97 Å². The number of hydrogen-bond acceptors (Lipinski definition) is 5. The molecule has 0 spiro atoms. The minimum atomic E-state index is -0.688. The third kappa shape index (κ3) is 3.68. The predicted molar refractivity (Wildman–Crippen MR) is 84.9 cm³/mol. The average molecular weight is 307 g/mol. The lowest BCUT2D eigenvalue weighted by atomic mass is 10.3. The molecule has 0 saturated heterocycles. The van der Waals surface area contributed by atoms with Gasteiger partial charge in [-0.2, -0.15) is 0 Å². The minimum Gasteiger partial charge on any atom is -0.451 e. The van der Waals surface area contributed by atoms with Crippen molar-refractivity contribution in [3.05, 3.63) is 66.5 Å². The van der Waals surface area contributed by atoms with E-state index in [-0.39, 0.29) is 12.3 Å². The van der Waals surface area contributed by atoms with Crippen molar-refractivity contribution in [1.29, 1.82) is 0 Å². The number of para-hydroxylation sites is 3. The first-order valence-corrected chi connectivity index (χ1v) is 6.96. The van der Waals surface area contributed by atoms with Gasteiger partial charge in [0.2, 0.25) is 0 Å². The second-order valence-electron chi connectivity index (χ2n) is 4.73. The first kappa shape index (κ1) is 14.6. The average Bonchev–Trinajstić information content (AvgIpc) is 2.60. The van der Waals surface area contributed by atoms with Crippen LogP contribution >= 0.6 is 0 Å². The second kappa shape index (κ2) is 6.65. The number of fused-ring (bicyclic) bond motifs is 1. The molecule has 1 aromatic heterocycles. The summed E-state index contributed by atoms with van der Waals surface area (Å²) in [6.45, 7) is -0.387. The van der Waals surface area contributed by atoms with Crippen LogP contribution in [0.1, 0.15) is 10.5 Å². The number of benzene rings is 2. The Kier molecular flexibility index (Phi) is 4.24. The number of carbonyl (C=O) groups is 2. The van der Waals surface area contributed by atoms with Crippen molar-refractivity contribution >= 4 is 28.6 Å². The molecule has 6 heteroatoms. The van der Waals surface area contributed by atoms with Gasteiger partial charge in [0.05, 0.1) is 17.2 Å². The molecule has 114 valence electrons. The van der Waals surface area contributed by atoms with Gasteiger partial charge < -0.3 is 10.1 Å². The molecule has 0 bridgehead atoms. The van der Waals surface area contributed by atoms with E-state index in [1.165, 1.54) is 6.20 Å². The van der Waals surface area contributed by atoms with Gasteiger partial charge in [0.15, 0.2) is 12.3 Å². The number of amides is 1. The Morgan fingerprint density at radius 2 is 1.65 bits per heavy atom. The highest BCUT2D eigenvalue weighted by atomic mass is 16.5. The van der Waals surface area contributed by atoms with E-state index in [0.29, 0.717) is 16.7 Å². The van der Waals surface area contributed by atoms with Crippen LogP contribution in [0.3, 0.4) is 0 Å². The van der Waals surface area contributed by atoms with Gasteiger partial charge in [-0.05, 0) is 24.3 Å². The third-order valence-corrected chi connectivity index (χ3v) is 3.05. The Hall–Kier alpha value is -3.28. The van der Waals surface area contributed by atoms with Crippen molar-refractivity contribution in [3.8, 4) is 0 Å². The lowest BCUT2D eigenvalue weighted by Gasteiger charge is -2.06. The van der Waals surface area contributed by atoms with Crippen LogP contribution in [-0.4, -0.2) is 28.5 Å².